The third-order valence-corrected chi connectivity index (χ3v) is 10.2. The zero-order chi connectivity index (χ0) is 23.1. The summed E-state index contributed by atoms with van der Waals surface area (Å²) < 4.78 is 4.94. The normalized spacial score (nSPS) is 40.8. The van der Waals surface area contributed by atoms with E-state index in [-0.39, 0.29) is 22.7 Å². The Labute approximate surface area is 193 Å². The summed E-state index contributed by atoms with van der Waals surface area (Å²) >= 11 is 0. The van der Waals surface area contributed by atoms with Crippen LogP contribution in [0.4, 0.5) is 0 Å². The van der Waals surface area contributed by atoms with Crippen molar-refractivity contribution in [3.8, 4) is 0 Å². The summed E-state index contributed by atoms with van der Waals surface area (Å²) in [6.07, 6.45) is 14.3. The predicted molar refractivity (Wildman–Crippen MR) is 126 cm³/mol. The van der Waals surface area contributed by atoms with Crippen LogP contribution in [0, 0.1) is 40.4 Å². The number of aliphatic hydroxyl groups excluding tert-OH is 1. The highest BCUT2D eigenvalue weighted by molar-refractivity contribution is 5.91. The highest BCUT2D eigenvalue weighted by atomic mass is 16.5. The van der Waals surface area contributed by atoms with Crippen LogP contribution < -0.4 is 0 Å². The SMILES string of the molecule is CCOC(=O)/C=C/C[C@@H](O)[C@@H](C)[C@H]1CC[C@H]2[C@@H]3CCC4=CC(=O)CC[C@]4(C)[C@H]3CC[C@]12C. The standard InChI is InChI=1S/C28H42O4/c1-5-32-26(31)8-6-7-25(30)18(2)22-11-12-23-21-10-9-19-17-20(29)13-15-27(19,3)24(21)14-16-28(22,23)4/h6,8,17-18,21-25,30H,5,7,9-16H2,1-4H3/b8-6+/t18-,21-,22+,23-,24-,25+,27-,28+/m0/s1. The second-order valence-electron chi connectivity index (χ2n) is 11.5. The van der Waals surface area contributed by atoms with Crippen molar-refractivity contribution in [2.45, 2.75) is 91.6 Å². The van der Waals surface area contributed by atoms with Crippen molar-refractivity contribution in [2.24, 2.45) is 40.4 Å². The van der Waals surface area contributed by atoms with E-state index in [1.54, 1.807) is 13.0 Å². The maximum atomic E-state index is 12.0. The zero-order valence-corrected chi connectivity index (χ0v) is 20.4. The summed E-state index contributed by atoms with van der Waals surface area (Å²) in [6, 6.07) is 0. The third-order valence-electron chi connectivity index (χ3n) is 10.2. The smallest absolute Gasteiger partial charge is 0.330 e. The molecule has 0 heterocycles. The summed E-state index contributed by atoms with van der Waals surface area (Å²) in [5.41, 5.74) is 1.94. The third kappa shape index (κ3) is 4.02. The first-order chi connectivity index (χ1) is 15.2. The minimum absolute atomic E-state index is 0.218. The number of aliphatic hydroxyl groups is 1. The number of hydrogen-bond donors (Lipinski definition) is 1. The molecule has 3 fully saturated rings. The Balaban J connectivity index is 1.45. The van der Waals surface area contributed by atoms with Crippen molar-refractivity contribution >= 4 is 11.8 Å². The van der Waals surface area contributed by atoms with Gasteiger partial charge in [-0.2, -0.15) is 0 Å². The fourth-order valence-electron chi connectivity index (χ4n) is 8.44. The summed E-state index contributed by atoms with van der Waals surface area (Å²) in [4.78, 5) is 23.6. The van der Waals surface area contributed by atoms with Gasteiger partial charge >= 0.3 is 5.97 Å². The van der Waals surface area contributed by atoms with E-state index >= 15 is 0 Å². The number of ketones is 1. The van der Waals surface area contributed by atoms with Gasteiger partial charge in [0.05, 0.1) is 12.7 Å². The number of esters is 1. The molecule has 4 aliphatic rings. The molecule has 0 saturated heterocycles. The highest BCUT2D eigenvalue weighted by Gasteiger charge is 2.59. The number of fused-ring (bicyclic) bond motifs is 5. The molecule has 0 unspecified atom stereocenters. The van der Waals surface area contributed by atoms with Gasteiger partial charge in [0.2, 0.25) is 0 Å². The fourth-order valence-corrected chi connectivity index (χ4v) is 8.44. The van der Waals surface area contributed by atoms with Crippen molar-refractivity contribution in [1.82, 2.24) is 0 Å². The predicted octanol–water partition coefficient (Wildman–Crippen LogP) is 5.64. The maximum Gasteiger partial charge on any atom is 0.330 e. The molecule has 4 rings (SSSR count). The molecule has 1 N–H and O–H groups in total. The molecule has 0 aliphatic heterocycles. The fraction of sp³-hybridized carbons (Fsp3) is 0.786. The van der Waals surface area contributed by atoms with Crippen LogP contribution in [-0.4, -0.2) is 29.6 Å². The van der Waals surface area contributed by atoms with Gasteiger partial charge in [-0.15, -0.1) is 0 Å². The number of carbonyl (C=O) groups excluding carboxylic acids is 2. The van der Waals surface area contributed by atoms with E-state index in [4.69, 9.17) is 4.74 Å². The summed E-state index contributed by atoms with van der Waals surface area (Å²) in [5.74, 6) is 2.93. The second kappa shape index (κ2) is 9.08. The number of carbonyl (C=O) groups is 2. The van der Waals surface area contributed by atoms with Crippen LogP contribution in [0.5, 0.6) is 0 Å². The van der Waals surface area contributed by atoms with Crippen molar-refractivity contribution in [3.63, 3.8) is 0 Å². The molecule has 4 heteroatoms. The number of allylic oxidation sites excluding steroid dienone is 1. The van der Waals surface area contributed by atoms with Crippen LogP contribution >= 0.6 is 0 Å². The molecule has 0 aromatic carbocycles. The van der Waals surface area contributed by atoms with Gasteiger partial charge in [0.15, 0.2) is 5.78 Å². The van der Waals surface area contributed by atoms with Gasteiger partial charge in [0, 0.05) is 12.5 Å². The van der Waals surface area contributed by atoms with Crippen LogP contribution in [0.25, 0.3) is 0 Å². The van der Waals surface area contributed by atoms with E-state index < -0.39 is 6.10 Å². The molecule has 0 amide bonds. The molecule has 178 valence electrons. The average molecular weight is 443 g/mol. The van der Waals surface area contributed by atoms with E-state index in [9.17, 15) is 14.7 Å². The first-order valence-electron chi connectivity index (χ1n) is 13.0. The Morgan fingerprint density at radius 3 is 2.72 bits per heavy atom. The van der Waals surface area contributed by atoms with Crippen LogP contribution in [0.15, 0.2) is 23.8 Å². The van der Waals surface area contributed by atoms with Gasteiger partial charge in [0.25, 0.3) is 0 Å². The van der Waals surface area contributed by atoms with Crippen molar-refractivity contribution in [3.05, 3.63) is 23.8 Å². The van der Waals surface area contributed by atoms with Crippen LogP contribution in [0.2, 0.25) is 0 Å². The van der Waals surface area contributed by atoms with E-state index in [1.807, 2.05) is 6.08 Å². The molecule has 8 atom stereocenters. The molecule has 0 bridgehead atoms. The lowest BCUT2D eigenvalue weighted by molar-refractivity contribution is -0.137. The van der Waals surface area contributed by atoms with E-state index in [2.05, 4.69) is 20.8 Å². The number of ether oxygens (including phenoxy) is 1. The van der Waals surface area contributed by atoms with Gasteiger partial charge in [-0.05, 0) is 105 Å². The zero-order valence-electron chi connectivity index (χ0n) is 20.4. The molecule has 0 spiro atoms. The Hall–Kier alpha value is -1.42. The molecule has 0 aromatic heterocycles. The second-order valence-corrected chi connectivity index (χ2v) is 11.5. The van der Waals surface area contributed by atoms with E-state index in [0.29, 0.717) is 30.6 Å². The minimum Gasteiger partial charge on any atom is -0.463 e. The first-order valence-corrected chi connectivity index (χ1v) is 13.0. The molecule has 32 heavy (non-hydrogen) atoms. The summed E-state index contributed by atoms with van der Waals surface area (Å²) in [7, 11) is 0. The van der Waals surface area contributed by atoms with Crippen molar-refractivity contribution in [2.75, 3.05) is 6.61 Å². The lowest BCUT2D eigenvalue weighted by atomic mass is 9.46. The van der Waals surface area contributed by atoms with Gasteiger partial charge < -0.3 is 9.84 Å². The van der Waals surface area contributed by atoms with Gasteiger partial charge in [-0.25, -0.2) is 4.79 Å². The number of hydrogen-bond acceptors (Lipinski definition) is 4. The maximum absolute atomic E-state index is 12.0. The highest BCUT2D eigenvalue weighted by Crippen LogP contribution is 2.67. The topological polar surface area (TPSA) is 63.6 Å². The monoisotopic (exact) mass is 442 g/mol. The summed E-state index contributed by atoms with van der Waals surface area (Å²) in [6.45, 7) is 9.33. The van der Waals surface area contributed by atoms with Crippen LogP contribution in [-0.2, 0) is 14.3 Å². The largest absolute Gasteiger partial charge is 0.463 e. The van der Waals surface area contributed by atoms with Crippen molar-refractivity contribution < 1.29 is 19.4 Å². The molecule has 0 radical (unpaired) electrons. The lowest BCUT2D eigenvalue weighted by Gasteiger charge is -2.58. The Bertz CT molecular complexity index is 797. The number of rotatable bonds is 6. The first kappa shape index (κ1) is 23.7. The quantitative estimate of drug-likeness (QED) is 0.427. The average Bonchev–Trinajstić information content (AvgIpc) is 3.11. The Morgan fingerprint density at radius 2 is 1.97 bits per heavy atom. The van der Waals surface area contributed by atoms with Gasteiger partial charge in [-0.1, -0.05) is 32.4 Å². The minimum atomic E-state index is -0.429. The molecule has 4 nitrogen and oxygen atoms in total. The summed E-state index contributed by atoms with van der Waals surface area (Å²) in [5, 5.41) is 10.9. The molecule has 0 aromatic rings. The van der Waals surface area contributed by atoms with Gasteiger partial charge in [-0.3, -0.25) is 4.79 Å². The molecule has 4 aliphatic carbocycles. The van der Waals surface area contributed by atoms with E-state index in [0.717, 1.165) is 31.1 Å². The Morgan fingerprint density at radius 1 is 1.19 bits per heavy atom. The van der Waals surface area contributed by atoms with Crippen LogP contribution in [0.3, 0.4) is 0 Å². The molecule has 3 saturated carbocycles. The van der Waals surface area contributed by atoms with Crippen molar-refractivity contribution in [1.29, 1.82) is 0 Å². The van der Waals surface area contributed by atoms with E-state index in [1.165, 1.54) is 43.8 Å². The lowest BCUT2D eigenvalue weighted by Crippen LogP contribution is -2.51. The van der Waals surface area contributed by atoms with Gasteiger partial charge in [0.1, 0.15) is 0 Å². The molecular formula is C28H42O4. The van der Waals surface area contributed by atoms with Crippen LogP contribution in [0.1, 0.15) is 85.5 Å². The molecular weight excluding hydrogens is 400 g/mol. The Kier molecular flexibility index (Phi) is 6.73.